The Labute approximate surface area is 218 Å². The van der Waals surface area contributed by atoms with Gasteiger partial charge in [-0.2, -0.15) is 4.72 Å². The minimum atomic E-state index is -3.93. The van der Waals surface area contributed by atoms with Gasteiger partial charge in [0.05, 0.1) is 27.9 Å². The van der Waals surface area contributed by atoms with Crippen LogP contribution in [0.2, 0.25) is 0 Å². The summed E-state index contributed by atoms with van der Waals surface area (Å²) >= 11 is 1.57. The summed E-state index contributed by atoms with van der Waals surface area (Å²) < 4.78 is 27.8. The number of aliphatic hydroxyl groups excluding tert-OH is 1. The number of nitrogens with one attached hydrogen (secondary N) is 3. The molecule has 3 heterocycles. The number of β-amino-alcohol motifs (C(OH)–C–C–N with tert-alkyl or cyclic N) is 1. The van der Waals surface area contributed by atoms with Crippen LogP contribution in [0.1, 0.15) is 23.2 Å². The number of carbonyl (C=O) groups is 2. The Kier molecular flexibility index (Phi) is 6.75. The quantitative estimate of drug-likeness (QED) is 0.386. The Hall–Kier alpha value is -3.32. The number of benzene rings is 2. The molecular formula is C25H27N5O5S2. The van der Waals surface area contributed by atoms with Crippen molar-refractivity contribution >= 4 is 38.9 Å². The smallest absolute Gasteiger partial charge is 0.261 e. The Balaban J connectivity index is 1.26. The third-order valence-electron chi connectivity index (χ3n) is 6.54. The average molecular weight is 542 g/mol. The van der Waals surface area contributed by atoms with Crippen LogP contribution in [0.15, 0.2) is 52.9 Å². The summed E-state index contributed by atoms with van der Waals surface area (Å²) in [4.78, 5) is 33.0. The molecule has 0 aliphatic carbocycles. The molecule has 2 aromatic carbocycles. The Morgan fingerprint density at radius 3 is 2.65 bits per heavy atom. The maximum Gasteiger partial charge on any atom is 0.261 e. The summed E-state index contributed by atoms with van der Waals surface area (Å²) in [5, 5.41) is 16.0. The Morgan fingerprint density at radius 1 is 1.19 bits per heavy atom. The van der Waals surface area contributed by atoms with Gasteiger partial charge >= 0.3 is 0 Å². The summed E-state index contributed by atoms with van der Waals surface area (Å²) in [6.45, 7) is 3.95. The minimum absolute atomic E-state index is 0.0504. The van der Waals surface area contributed by atoms with Gasteiger partial charge in [-0.1, -0.05) is 30.3 Å². The molecule has 10 nitrogen and oxygen atoms in total. The first kappa shape index (κ1) is 25.3. The summed E-state index contributed by atoms with van der Waals surface area (Å²) in [6.07, 6.45) is -2.12. The predicted octanol–water partition coefficient (Wildman–Crippen LogP) is 1.74. The van der Waals surface area contributed by atoms with Gasteiger partial charge in [-0.3, -0.25) is 9.59 Å². The number of thiazole rings is 1. The van der Waals surface area contributed by atoms with Crippen LogP contribution in [0.3, 0.4) is 0 Å². The second-order valence-corrected chi connectivity index (χ2v) is 11.8. The number of anilines is 1. The number of carbonyl (C=O) groups excluding carboxylic acids is 2. The Morgan fingerprint density at radius 2 is 1.95 bits per heavy atom. The van der Waals surface area contributed by atoms with Crippen molar-refractivity contribution in [3.05, 3.63) is 64.8 Å². The first-order chi connectivity index (χ1) is 17.6. The van der Waals surface area contributed by atoms with E-state index >= 15 is 0 Å². The van der Waals surface area contributed by atoms with Crippen molar-refractivity contribution in [1.29, 1.82) is 0 Å². The number of hydrogen-bond donors (Lipinski definition) is 4. The molecule has 1 unspecified atom stereocenters. The zero-order valence-corrected chi connectivity index (χ0v) is 21.9. The molecule has 1 aromatic heterocycles. The molecule has 2 aliphatic heterocycles. The molecule has 0 bridgehead atoms. The SMILES string of the molecule is Cc1ccc2c(c1)NC(C(=O)N1C[C@H](O)C[C@H]1C(=O)NCc1ccc(-c3scnc3C)cc1)NS2(=O)=O. The number of amides is 2. The van der Waals surface area contributed by atoms with E-state index in [0.29, 0.717) is 5.69 Å². The molecule has 1 fully saturated rings. The van der Waals surface area contributed by atoms with Gasteiger partial charge in [-0.15, -0.1) is 11.3 Å². The molecule has 194 valence electrons. The fourth-order valence-corrected chi connectivity index (χ4v) is 6.70. The maximum atomic E-state index is 13.3. The van der Waals surface area contributed by atoms with E-state index in [0.717, 1.165) is 27.3 Å². The second kappa shape index (κ2) is 9.86. The number of sulfonamides is 1. The molecule has 2 aliphatic rings. The zero-order chi connectivity index (χ0) is 26.3. The molecule has 0 radical (unpaired) electrons. The number of hydrogen-bond acceptors (Lipinski definition) is 8. The number of fused-ring (bicyclic) bond motifs is 1. The van der Waals surface area contributed by atoms with Crippen molar-refractivity contribution in [2.24, 2.45) is 0 Å². The lowest BCUT2D eigenvalue weighted by atomic mass is 10.1. The third kappa shape index (κ3) is 5.10. The predicted molar refractivity (Wildman–Crippen MR) is 139 cm³/mol. The van der Waals surface area contributed by atoms with Crippen LogP contribution < -0.4 is 15.4 Å². The van der Waals surface area contributed by atoms with Crippen LogP contribution in [-0.2, 0) is 26.2 Å². The van der Waals surface area contributed by atoms with E-state index in [1.165, 1.54) is 11.0 Å². The largest absolute Gasteiger partial charge is 0.391 e. The molecule has 1 saturated heterocycles. The lowest BCUT2D eigenvalue weighted by Crippen LogP contribution is -2.57. The number of aryl methyl sites for hydroxylation is 2. The van der Waals surface area contributed by atoms with Crippen molar-refractivity contribution in [3.63, 3.8) is 0 Å². The molecule has 5 rings (SSSR count). The van der Waals surface area contributed by atoms with Gasteiger partial charge in [0.25, 0.3) is 5.91 Å². The van der Waals surface area contributed by atoms with Gasteiger partial charge in [-0.25, -0.2) is 13.4 Å². The molecule has 0 saturated carbocycles. The lowest BCUT2D eigenvalue weighted by molar-refractivity contribution is -0.139. The topological polar surface area (TPSA) is 141 Å². The van der Waals surface area contributed by atoms with Crippen LogP contribution >= 0.6 is 11.3 Å². The standard InChI is InChI=1S/C25H27N5O5S2/c1-14-3-8-21-19(9-14)28-23(29-37(21,34)35)25(33)30-12-18(31)10-20(30)24(32)26-11-16-4-6-17(7-5-16)22-15(2)27-13-36-22/h3-9,13,18,20,23,28-29,31H,10-12H2,1-2H3,(H,26,32)/t18-,20+,23?/m1/s1. The van der Waals surface area contributed by atoms with Crippen molar-refractivity contribution in [2.75, 3.05) is 11.9 Å². The monoisotopic (exact) mass is 541 g/mol. The number of rotatable bonds is 5. The number of nitrogens with zero attached hydrogens (tertiary/aromatic N) is 2. The van der Waals surface area contributed by atoms with E-state index in [2.05, 4.69) is 20.3 Å². The van der Waals surface area contributed by atoms with E-state index in [1.807, 2.05) is 38.1 Å². The summed E-state index contributed by atoms with van der Waals surface area (Å²) in [5.74, 6) is -1.04. The minimum Gasteiger partial charge on any atom is -0.391 e. The highest BCUT2D eigenvalue weighted by molar-refractivity contribution is 7.89. The van der Waals surface area contributed by atoms with Crippen molar-refractivity contribution in [2.45, 2.75) is 50.0 Å². The zero-order valence-electron chi connectivity index (χ0n) is 20.3. The summed E-state index contributed by atoms with van der Waals surface area (Å²) in [7, 11) is -3.93. The molecule has 3 atom stereocenters. The molecular weight excluding hydrogens is 514 g/mol. The highest BCUT2D eigenvalue weighted by Crippen LogP contribution is 2.29. The summed E-state index contributed by atoms with van der Waals surface area (Å²) in [5.41, 5.74) is 5.84. The van der Waals surface area contributed by atoms with Crippen LogP contribution in [-0.4, -0.2) is 60.1 Å². The number of aliphatic hydroxyl groups is 1. The van der Waals surface area contributed by atoms with Gasteiger partial charge in [0.2, 0.25) is 15.9 Å². The maximum absolute atomic E-state index is 13.3. The Bertz CT molecular complexity index is 1450. The number of likely N-dealkylation sites (tertiary alicyclic amines) is 1. The molecule has 2 amide bonds. The third-order valence-corrected chi connectivity index (χ3v) is 9.00. The van der Waals surface area contributed by atoms with Gasteiger partial charge in [0, 0.05) is 19.5 Å². The van der Waals surface area contributed by atoms with Crippen LogP contribution in [0.4, 0.5) is 5.69 Å². The van der Waals surface area contributed by atoms with Crippen molar-refractivity contribution in [1.82, 2.24) is 19.9 Å². The van der Waals surface area contributed by atoms with Crippen LogP contribution in [0.5, 0.6) is 0 Å². The second-order valence-electron chi connectivity index (χ2n) is 9.28. The molecule has 12 heteroatoms. The number of aromatic nitrogens is 1. The molecule has 3 aromatic rings. The van der Waals surface area contributed by atoms with Crippen LogP contribution in [0, 0.1) is 13.8 Å². The van der Waals surface area contributed by atoms with E-state index in [-0.39, 0.29) is 24.4 Å². The van der Waals surface area contributed by atoms with E-state index in [1.54, 1.807) is 29.0 Å². The highest BCUT2D eigenvalue weighted by Gasteiger charge is 2.43. The van der Waals surface area contributed by atoms with Crippen LogP contribution in [0.25, 0.3) is 10.4 Å². The van der Waals surface area contributed by atoms with E-state index in [9.17, 15) is 23.1 Å². The molecule has 4 N–H and O–H groups in total. The normalized spacial score (nSPS) is 22.2. The summed E-state index contributed by atoms with van der Waals surface area (Å²) in [6, 6.07) is 11.7. The fraction of sp³-hybridized carbons (Fsp3) is 0.320. The highest BCUT2D eigenvalue weighted by atomic mass is 32.2. The van der Waals surface area contributed by atoms with Gasteiger partial charge in [0.1, 0.15) is 10.9 Å². The molecule has 37 heavy (non-hydrogen) atoms. The van der Waals surface area contributed by atoms with Gasteiger partial charge < -0.3 is 20.6 Å². The molecule has 0 spiro atoms. The van der Waals surface area contributed by atoms with E-state index < -0.39 is 40.1 Å². The first-order valence-electron chi connectivity index (χ1n) is 11.8. The average Bonchev–Trinajstić information content (AvgIpc) is 3.47. The van der Waals surface area contributed by atoms with Crippen molar-refractivity contribution in [3.8, 4) is 10.4 Å². The van der Waals surface area contributed by atoms with Gasteiger partial charge in [0.15, 0.2) is 6.17 Å². The lowest BCUT2D eigenvalue weighted by Gasteiger charge is -2.32. The van der Waals surface area contributed by atoms with Gasteiger partial charge in [-0.05, 0) is 42.7 Å². The van der Waals surface area contributed by atoms with E-state index in [4.69, 9.17) is 0 Å². The first-order valence-corrected chi connectivity index (χ1v) is 14.1. The fourth-order valence-electron chi connectivity index (χ4n) is 4.64. The van der Waals surface area contributed by atoms with Crippen molar-refractivity contribution < 1.29 is 23.1 Å².